The van der Waals surface area contributed by atoms with Crippen LogP contribution in [0.2, 0.25) is 18.6 Å². The first kappa shape index (κ1) is 9.18. The van der Waals surface area contributed by atoms with E-state index in [-0.39, 0.29) is 0 Å². The molecule has 0 bridgehead atoms. The van der Waals surface area contributed by atoms with Gasteiger partial charge in [0.15, 0.2) is 0 Å². The molecule has 0 spiro atoms. The van der Waals surface area contributed by atoms with E-state index >= 15 is 0 Å². The fourth-order valence-electron chi connectivity index (χ4n) is 0.781. The fourth-order valence-corrected chi connectivity index (χ4v) is 1.76. The standard InChI is InChI=1S/C7H17OSi/c1-5-6-7(2)9(3,4)8/h7H,5-6H2,1-4H3. The Morgan fingerprint density at radius 2 is 1.89 bits per heavy atom. The summed E-state index contributed by atoms with van der Waals surface area (Å²) in [6.07, 6.45) is 2.27. The van der Waals surface area contributed by atoms with Gasteiger partial charge in [-0.05, 0) is 18.6 Å². The van der Waals surface area contributed by atoms with Crippen LogP contribution in [0.3, 0.4) is 0 Å². The van der Waals surface area contributed by atoms with Gasteiger partial charge in [0.1, 0.15) is 0 Å². The summed E-state index contributed by atoms with van der Waals surface area (Å²) in [5.74, 6) is 0. The van der Waals surface area contributed by atoms with Crippen molar-refractivity contribution in [1.82, 2.24) is 0 Å². The number of hydrogen-bond acceptors (Lipinski definition) is 0. The zero-order chi connectivity index (χ0) is 7.49. The van der Waals surface area contributed by atoms with Crippen molar-refractivity contribution in [3.63, 3.8) is 0 Å². The molecule has 0 saturated carbocycles. The van der Waals surface area contributed by atoms with Crippen LogP contribution in [0.5, 0.6) is 0 Å². The number of hydrogen-bond donors (Lipinski definition) is 0. The molecule has 9 heavy (non-hydrogen) atoms. The molecule has 0 aromatic rings. The number of rotatable bonds is 3. The summed E-state index contributed by atoms with van der Waals surface area (Å²) in [6.45, 7) is 8.01. The molecule has 0 rings (SSSR count). The van der Waals surface area contributed by atoms with Crippen molar-refractivity contribution in [2.75, 3.05) is 0 Å². The van der Waals surface area contributed by atoms with E-state index in [4.69, 9.17) is 0 Å². The Morgan fingerprint density at radius 3 is 2.00 bits per heavy atom. The van der Waals surface area contributed by atoms with Gasteiger partial charge in [0.2, 0.25) is 8.32 Å². The summed E-state index contributed by atoms with van der Waals surface area (Å²) in [5, 5.41) is 0. The molecule has 1 radical (unpaired) electrons. The maximum atomic E-state index is 11.3. The molecule has 0 aliphatic heterocycles. The summed E-state index contributed by atoms with van der Waals surface area (Å²) in [6, 6.07) is 0. The first-order valence-corrected chi connectivity index (χ1v) is 6.67. The monoisotopic (exact) mass is 145 g/mol. The van der Waals surface area contributed by atoms with E-state index in [1.54, 1.807) is 0 Å². The molecule has 0 aliphatic rings. The third-order valence-electron chi connectivity index (χ3n) is 1.91. The SMILES string of the molecule is CCCC(C)[Si](C)(C)[O]. The lowest BCUT2D eigenvalue weighted by Gasteiger charge is -2.19. The van der Waals surface area contributed by atoms with E-state index in [0.29, 0.717) is 5.54 Å². The van der Waals surface area contributed by atoms with Crippen LogP contribution < -0.4 is 0 Å². The molecular formula is C7H17OSi. The zero-order valence-electron chi connectivity index (χ0n) is 6.90. The van der Waals surface area contributed by atoms with Gasteiger partial charge in [0.05, 0.1) is 0 Å². The van der Waals surface area contributed by atoms with Crippen LogP contribution in [0.15, 0.2) is 0 Å². The first-order valence-electron chi connectivity index (χ1n) is 3.69. The van der Waals surface area contributed by atoms with Gasteiger partial charge in [-0.15, -0.1) is 0 Å². The average molecular weight is 145 g/mol. The molecule has 1 unspecified atom stereocenters. The molecule has 0 N–H and O–H groups in total. The van der Waals surface area contributed by atoms with Crippen LogP contribution in [0, 0.1) is 0 Å². The smallest absolute Gasteiger partial charge is 0.234 e. The average Bonchev–Trinajstić information content (AvgIpc) is 1.64. The van der Waals surface area contributed by atoms with Crippen molar-refractivity contribution in [3.8, 4) is 0 Å². The Labute approximate surface area is 59.2 Å². The molecule has 55 valence electrons. The molecule has 0 aliphatic carbocycles. The highest BCUT2D eigenvalue weighted by Gasteiger charge is 2.27. The van der Waals surface area contributed by atoms with Gasteiger partial charge in [0.25, 0.3) is 0 Å². The topological polar surface area (TPSA) is 19.9 Å². The normalized spacial score (nSPS) is 15.7. The van der Waals surface area contributed by atoms with Crippen molar-refractivity contribution >= 4 is 8.32 Å². The second-order valence-corrected chi connectivity index (χ2v) is 7.49. The van der Waals surface area contributed by atoms with Crippen LogP contribution in [0.4, 0.5) is 0 Å². The van der Waals surface area contributed by atoms with Crippen molar-refractivity contribution in [2.24, 2.45) is 0 Å². The largest absolute Gasteiger partial charge is 0.298 e. The van der Waals surface area contributed by atoms with Crippen LogP contribution in [-0.2, 0) is 4.80 Å². The van der Waals surface area contributed by atoms with Crippen LogP contribution in [0.1, 0.15) is 26.7 Å². The Bertz CT molecular complexity index is 75.5. The van der Waals surface area contributed by atoms with Crippen molar-refractivity contribution in [1.29, 1.82) is 0 Å². The molecule has 1 atom stereocenters. The van der Waals surface area contributed by atoms with Crippen molar-refractivity contribution < 1.29 is 4.80 Å². The van der Waals surface area contributed by atoms with Gasteiger partial charge in [0, 0.05) is 0 Å². The van der Waals surface area contributed by atoms with E-state index in [9.17, 15) is 4.80 Å². The van der Waals surface area contributed by atoms with Crippen LogP contribution in [0.25, 0.3) is 0 Å². The first-order chi connectivity index (χ1) is 3.98. The molecule has 0 aromatic carbocycles. The Hall–Kier alpha value is 0.177. The maximum absolute atomic E-state index is 11.3. The van der Waals surface area contributed by atoms with Gasteiger partial charge in [-0.2, -0.15) is 0 Å². The summed E-state index contributed by atoms with van der Waals surface area (Å²) < 4.78 is 0. The highest BCUT2D eigenvalue weighted by Crippen LogP contribution is 2.23. The third kappa shape index (κ3) is 3.70. The Kier molecular flexibility index (Phi) is 3.44. The predicted octanol–water partition coefficient (Wildman–Crippen LogP) is 2.81. The van der Waals surface area contributed by atoms with Crippen molar-refractivity contribution in [2.45, 2.75) is 45.3 Å². The molecule has 1 nitrogen and oxygen atoms in total. The second kappa shape index (κ2) is 3.37. The van der Waals surface area contributed by atoms with Crippen LogP contribution in [-0.4, -0.2) is 8.32 Å². The van der Waals surface area contributed by atoms with E-state index in [2.05, 4.69) is 13.8 Å². The molecule has 2 heteroatoms. The third-order valence-corrected chi connectivity index (χ3v) is 4.57. The summed E-state index contributed by atoms with van der Waals surface area (Å²) in [5.41, 5.74) is 0.447. The van der Waals surface area contributed by atoms with Gasteiger partial charge >= 0.3 is 0 Å². The van der Waals surface area contributed by atoms with E-state index < -0.39 is 8.32 Å². The highest BCUT2D eigenvalue weighted by atomic mass is 28.4. The highest BCUT2D eigenvalue weighted by molar-refractivity contribution is 6.70. The molecule has 0 saturated heterocycles. The van der Waals surface area contributed by atoms with E-state index in [0.717, 1.165) is 12.8 Å². The minimum Gasteiger partial charge on any atom is -0.298 e. The van der Waals surface area contributed by atoms with Gasteiger partial charge in [-0.1, -0.05) is 26.7 Å². The second-order valence-electron chi connectivity index (χ2n) is 3.29. The zero-order valence-corrected chi connectivity index (χ0v) is 7.90. The van der Waals surface area contributed by atoms with Gasteiger partial charge in [-0.25, -0.2) is 0 Å². The minimum atomic E-state index is -2.03. The molecular weight excluding hydrogens is 128 g/mol. The Morgan fingerprint density at radius 1 is 1.44 bits per heavy atom. The molecule has 0 fully saturated rings. The molecule has 0 amide bonds. The lowest BCUT2D eigenvalue weighted by molar-refractivity contribution is 0.408. The lowest BCUT2D eigenvalue weighted by atomic mass is 10.3. The summed E-state index contributed by atoms with van der Waals surface area (Å²) >= 11 is 0. The lowest BCUT2D eigenvalue weighted by Crippen LogP contribution is -2.28. The maximum Gasteiger partial charge on any atom is 0.234 e. The quantitative estimate of drug-likeness (QED) is 0.544. The van der Waals surface area contributed by atoms with Gasteiger partial charge < -0.3 is 0 Å². The fraction of sp³-hybridized carbons (Fsp3) is 1.00. The summed E-state index contributed by atoms with van der Waals surface area (Å²) in [4.78, 5) is 11.3. The van der Waals surface area contributed by atoms with E-state index in [1.807, 2.05) is 13.1 Å². The summed E-state index contributed by atoms with van der Waals surface area (Å²) in [7, 11) is -2.03. The Balaban J connectivity index is 3.59. The van der Waals surface area contributed by atoms with Crippen LogP contribution >= 0.6 is 0 Å². The minimum absolute atomic E-state index is 0.447. The predicted molar refractivity (Wildman–Crippen MR) is 42.5 cm³/mol. The van der Waals surface area contributed by atoms with Gasteiger partial charge in [-0.3, -0.25) is 4.80 Å². The van der Waals surface area contributed by atoms with E-state index in [1.165, 1.54) is 0 Å². The molecule has 0 heterocycles. The van der Waals surface area contributed by atoms with Crippen molar-refractivity contribution in [3.05, 3.63) is 0 Å². The molecule has 0 aromatic heterocycles.